The van der Waals surface area contributed by atoms with Crippen LogP contribution >= 0.6 is 0 Å². The monoisotopic (exact) mass is 377 g/mol. The number of hydrogen-bond donors (Lipinski definition) is 1. The van der Waals surface area contributed by atoms with Crippen LogP contribution in [0, 0.1) is 0 Å². The molecule has 0 aliphatic carbocycles. The van der Waals surface area contributed by atoms with Crippen molar-refractivity contribution >= 4 is 15.7 Å². The molecule has 2 aromatic rings. The molecule has 0 saturated carbocycles. The van der Waals surface area contributed by atoms with Gasteiger partial charge in [0.05, 0.1) is 30.4 Å². The van der Waals surface area contributed by atoms with E-state index in [0.29, 0.717) is 11.3 Å². The number of aliphatic hydroxyl groups excluding tert-OH is 1. The zero-order valence-electron chi connectivity index (χ0n) is 14.8. The fraction of sp³-hybridized carbons (Fsp3) is 0.316. The van der Waals surface area contributed by atoms with Crippen molar-refractivity contribution in [3.8, 4) is 5.75 Å². The highest BCUT2D eigenvalue weighted by molar-refractivity contribution is 7.91. The van der Waals surface area contributed by atoms with Gasteiger partial charge in [-0.1, -0.05) is 30.3 Å². The quantitative estimate of drug-likeness (QED) is 0.761. The minimum Gasteiger partial charge on any atom is -0.497 e. The molecule has 0 fully saturated rings. The topological polar surface area (TPSA) is 83.9 Å². The summed E-state index contributed by atoms with van der Waals surface area (Å²) >= 11 is 0. The molecule has 2 rings (SSSR count). The number of methoxy groups -OCH3 is 1. The third-order valence-electron chi connectivity index (χ3n) is 4.04. The van der Waals surface area contributed by atoms with Crippen molar-refractivity contribution in [2.45, 2.75) is 17.4 Å². The number of sulfone groups is 1. The highest BCUT2D eigenvalue weighted by Crippen LogP contribution is 2.20. The van der Waals surface area contributed by atoms with Gasteiger partial charge in [0.1, 0.15) is 5.75 Å². The van der Waals surface area contributed by atoms with E-state index >= 15 is 0 Å². The first-order valence-corrected chi connectivity index (χ1v) is 9.82. The lowest BCUT2D eigenvalue weighted by Crippen LogP contribution is -2.32. The van der Waals surface area contributed by atoms with Crippen molar-refractivity contribution in [3.63, 3.8) is 0 Å². The fourth-order valence-corrected chi connectivity index (χ4v) is 3.72. The minimum atomic E-state index is -3.51. The summed E-state index contributed by atoms with van der Waals surface area (Å²) < 4.78 is 29.6. The summed E-state index contributed by atoms with van der Waals surface area (Å²) in [7, 11) is -0.426. The molecule has 0 aliphatic heterocycles. The van der Waals surface area contributed by atoms with Gasteiger partial charge in [-0.3, -0.25) is 4.79 Å². The summed E-state index contributed by atoms with van der Waals surface area (Å²) in [6.07, 6.45) is -1.02. The van der Waals surface area contributed by atoms with Gasteiger partial charge >= 0.3 is 0 Å². The van der Waals surface area contributed by atoms with Crippen LogP contribution in [0.25, 0.3) is 0 Å². The number of likely N-dealkylation sites (N-methyl/N-ethyl adjacent to an activating group) is 1. The van der Waals surface area contributed by atoms with Crippen LogP contribution in [0.5, 0.6) is 5.75 Å². The van der Waals surface area contributed by atoms with Gasteiger partial charge in [-0.15, -0.1) is 0 Å². The van der Waals surface area contributed by atoms with Gasteiger partial charge in [0.25, 0.3) is 0 Å². The Morgan fingerprint density at radius 3 is 2.50 bits per heavy atom. The molecule has 0 spiro atoms. The lowest BCUT2D eigenvalue weighted by molar-refractivity contribution is -0.130. The van der Waals surface area contributed by atoms with Crippen LogP contribution in [-0.2, 0) is 14.6 Å². The smallest absolute Gasteiger partial charge is 0.223 e. The van der Waals surface area contributed by atoms with Gasteiger partial charge in [-0.05, 0) is 29.8 Å². The molecule has 1 atom stereocenters. The first kappa shape index (κ1) is 19.9. The lowest BCUT2D eigenvalue weighted by Gasteiger charge is -2.21. The van der Waals surface area contributed by atoms with E-state index in [4.69, 9.17) is 4.74 Å². The van der Waals surface area contributed by atoms with Crippen LogP contribution in [0.15, 0.2) is 59.5 Å². The largest absolute Gasteiger partial charge is 0.497 e. The molecule has 0 aromatic heterocycles. The van der Waals surface area contributed by atoms with Crippen molar-refractivity contribution < 1.29 is 23.1 Å². The molecular formula is C19H23NO5S. The van der Waals surface area contributed by atoms with Crippen LogP contribution in [0.2, 0.25) is 0 Å². The van der Waals surface area contributed by atoms with E-state index in [2.05, 4.69) is 0 Å². The molecule has 1 N–H and O–H groups in total. The molecule has 1 amide bonds. The molecule has 7 heteroatoms. The van der Waals surface area contributed by atoms with Gasteiger partial charge < -0.3 is 14.7 Å². The van der Waals surface area contributed by atoms with Gasteiger partial charge in [0.2, 0.25) is 5.91 Å². The maximum absolute atomic E-state index is 12.2. The number of carbonyl (C=O) groups excluding carboxylic acids is 1. The highest BCUT2D eigenvalue weighted by atomic mass is 32.2. The second kappa shape index (κ2) is 8.82. The Balaban J connectivity index is 1.93. The van der Waals surface area contributed by atoms with Crippen molar-refractivity contribution in [2.75, 3.05) is 26.5 Å². The van der Waals surface area contributed by atoms with Gasteiger partial charge in [0.15, 0.2) is 9.84 Å². The molecule has 26 heavy (non-hydrogen) atoms. The zero-order valence-corrected chi connectivity index (χ0v) is 15.6. The number of benzene rings is 2. The van der Waals surface area contributed by atoms with E-state index < -0.39 is 15.9 Å². The number of carbonyl (C=O) groups is 1. The Labute approximate surface area is 153 Å². The summed E-state index contributed by atoms with van der Waals surface area (Å²) in [6, 6.07) is 15.0. The molecule has 0 saturated heterocycles. The van der Waals surface area contributed by atoms with Crippen LogP contribution < -0.4 is 4.74 Å². The molecule has 0 radical (unpaired) electrons. The number of rotatable bonds is 8. The van der Waals surface area contributed by atoms with E-state index in [1.807, 2.05) is 0 Å². The standard InChI is InChI=1S/C19H23NO5S/c1-20(14-18(21)15-7-6-8-16(13-15)25-2)19(22)11-12-26(23,24)17-9-4-3-5-10-17/h3-10,13,18,21H,11-12,14H2,1-2H3. The van der Waals surface area contributed by atoms with Crippen molar-refractivity contribution in [1.82, 2.24) is 4.90 Å². The summed E-state index contributed by atoms with van der Waals surface area (Å²) in [4.78, 5) is 13.8. The average molecular weight is 377 g/mol. The molecular weight excluding hydrogens is 354 g/mol. The average Bonchev–Trinajstić information content (AvgIpc) is 2.66. The second-order valence-electron chi connectivity index (χ2n) is 5.95. The van der Waals surface area contributed by atoms with Crippen LogP contribution in [0.4, 0.5) is 0 Å². The van der Waals surface area contributed by atoms with Crippen molar-refractivity contribution in [1.29, 1.82) is 0 Å². The first-order chi connectivity index (χ1) is 12.3. The van der Waals surface area contributed by atoms with E-state index in [-0.39, 0.29) is 29.5 Å². The molecule has 6 nitrogen and oxygen atoms in total. The van der Waals surface area contributed by atoms with Gasteiger partial charge in [-0.2, -0.15) is 0 Å². The van der Waals surface area contributed by atoms with Crippen LogP contribution in [0.1, 0.15) is 18.1 Å². The summed E-state index contributed by atoms with van der Waals surface area (Å²) in [6.45, 7) is 0.0669. The molecule has 0 aliphatic rings. The summed E-state index contributed by atoms with van der Waals surface area (Å²) in [5, 5.41) is 10.3. The Bertz CT molecular complexity index is 836. The maximum atomic E-state index is 12.2. The van der Waals surface area contributed by atoms with Crippen LogP contribution in [-0.4, -0.2) is 50.8 Å². The van der Waals surface area contributed by atoms with Crippen molar-refractivity contribution in [2.24, 2.45) is 0 Å². The Kier molecular flexibility index (Phi) is 6.76. The number of hydrogen-bond acceptors (Lipinski definition) is 5. The second-order valence-corrected chi connectivity index (χ2v) is 8.06. The molecule has 0 bridgehead atoms. The normalized spacial score (nSPS) is 12.4. The molecule has 140 valence electrons. The Hall–Kier alpha value is -2.38. The van der Waals surface area contributed by atoms with E-state index in [1.165, 1.54) is 24.1 Å². The SMILES string of the molecule is COc1cccc(C(O)CN(C)C(=O)CCS(=O)(=O)c2ccccc2)c1. The minimum absolute atomic E-state index is 0.0669. The fourth-order valence-electron chi connectivity index (χ4n) is 2.47. The van der Waals surface area contributed by atoms with E-state index in [9.17, 15) is 18.3 Å². The number of aliphatic hydroxyl groups is 1. The van der Waals surface area contributed by atoms with Gasteiger partial charge in [-0.25, -0.2) is 8.42 Å². The van der Waals surface area contributed by atoms with Crippen molar-refractivity contribution in [3.05, 3.63) is 60.2 Å². The Morgan fingerprint density at radius 2 is 1.85 bits per heavy atom. The summed E-state index contributed by atoms with van der Waals surface area (Å²) in [5.41, 5.74) is 0.626. The maximum Gasteiger partial charge on any atom is 0.223 e. The first-order valence-electron chi connectivity index (χ1n) is 8.17. The zero-order chi connectivity index (χ0) is 19.2. The number of amides is 1. The third-order valence-corrected chi connectivity index (χ3v) is 5.77. The van der Waals surface area contributed by atoms with E-state index in [0.717, 1.165) is 0 Å². The van der Waals surface area contributed by atoms with Gasteiger partial charge in [0, 0.05) is 13.5 Å². The molecule has 2 aromatic carbocycles. The highest BCUT2D eigenvalue weighted by Gasteiger charge is 2.20. The summed E-state index contributed by atoms with van der Waals surface area (Å²) in [5.74, 6) is 0.00560. The molecule has 1 unspecified atom stereocenters. The lowest BCUT2D eigenvalue weighted by atomic mass is 10.1. The predicted octanol–water partition coefficient (Wildman–Crippen LogP) is 2.05. The van der Waals surface area contributed by atoms with E-state index in [1.54, 1.807) is 49.5 Å². The number of nitrogens with zero attached hydrogens (tertiary/aromatic N) is 1. The van der Waals surface area contributed by atoms with Crippen LogP contribution in [0.3, 0.4) is 0 Å². The molecule has 0 heterocycles. The third kappa shape index (κ3) is 5.31. The number of ether oxygens (including phenoxy) is 1. The Morgan fingerprint density at radius 1 is 1.15 bits per heavy atom. The predicted molar refractivity (Wildman–Crippen MR) is 98.7 cm³/mol.